The first-order valence-corrected chi connectivity index (χ1v) is 7.15. The van der Waals surface area contributed by atoms with Crippen molar-refractivity contribution in [2.24, 2.45) is 0 Å². The van der Waals surface area contributed by atoms with Gasteiger partial charge in [0.1, 0.15) is 5.54 Å². The first-order valence-electron chi connectivity index (χ1n) is 7.15. The Balaban J connectivity index is 2.55. The summed E-state index contributed by atoms with van der Waals surface area (Å²) in [5.74, 6) is -0.177. The largest absolute Gasteiger partial charge is 0.468 e. The van der Waals surface area contributed by atoms with Crippen LogP contribution in [-0.4, -0.2) is 74.7 Å². The van der Waals surface area contributed by atoms with Crippen LogP contribution >= 0.6 is 0 Å². The number of methoxy groups -OCH3 is 1. The zero-order valence-corrected chi connectivity index (χ0v) is 13.0. The molecule has 5 nitrogen and oxygen atoms in total. The summed E-state index contributed by atoms with van der Waals surface area (Å²) in [6.45, 7) is 7.51. The average molecular weight is 271 g/mol. The number of carbonyl (C=O) groups excluding carboxylic acids is 1. The molecule has 1 heterocycles. The molecule has 0 aromatic heterocycles. The van der Waals surface area contributed by atoms with Crippen molar-refractivity contribution < 1.29 is 9.53 Å². The molecule has 1 N–H and O–H groups in total. The van der Waals surface area contributed by atoms with E-state index in [0.29, 0.717) is 12.6 Å². The standard InChI is InChI=1S/C14H29N3O2/c1-6-15-14(2,13(18)19-5)11-17-9-7-12(8-10-17)16(3)4/h12,15H,6-11H2,1-5H3. The number of likely N-dealkylation sites (tertiary alicyclic amines) is 1. The lowest BCUT2D eigenvalue weighted by Gasteiger charge is -2.39. The topological polar surface area (TPSA) is 44.8 Å². The zero-order chi connectivity index (χ0) is 14.5. The highest BCUT2D eigenvalue weighted by Gasteiger charge is 2.36. The zero-order valence-electron chi connectivity index (χ0n) is 13.0. The second-order valence-electron chi connectivity index (χ2n) is 5.82. The number of carbonyl (C=O) groups is 1. The maximum atomic E-state index is 12.0. The summed E-state index contributed by atoms with van der Waals surface area (Å²) in [6.07, 6.45) is 2.33. The molecular weight excluding hydrogens is 242 g/mol. The van der Waals surface area contributed by atoms with Crippen molar-refractivity contribution in [3.8, 4) is 0 Å². The van der Waals surface area contributed by atoms with Crippen molar-refractivity contribution >= 4 is 5.97 Å². The molecule has 1 fully saturated rings. The van der Waals surface area contributed by atoms with Gasteiger partial charge in [0.05, 0.1) is 7.11 Å². The second-order valence-corrected chi connectivity index (χ2v) is 5.82. The Labute approximate surface area is 117 Å². The van der Waals surface area contributed by atoms with Crippen molar-refractivity contribution in [1.82, 2.24) is 15.1 Å². The molecule has 1 rings (SSSR count). The van der Waals surface area contributed by atoms with Crippen molar-refractivity contribution in [2.45, 2.75) is 38.3 Å². The number of nitrogens with one attached hydrogen (secondary N) is 1. The Morgan fingerprint density at radius 3 is 2.42 bits per heavy atom. The van der Waals surface area contributed by atoms with Gasteiger partial charge in [0.25, 0.3) is 0 Å². The summed E-state index contributed by atoms with van der Waals surface area (Å²) in [5, 5.41) is 3.26. The fourth-order valence-electron chi connectivity index (χ4n) is 2.85. The summed E-state index contributed by atoms with van der Waals surface area (Å²) in [4.78, 5) is 16.6. The Bertz CT molecular complexity index is 288. The van der Waals surface area contributed by atoms with Gasteiger partial charge < -0.3 is 19.9 Å². The van der Waals surface area contributed by atoms with Gasteiger partial charge in [0.2, 0.25) is 0 Å². The van der Waals surface area contributed by atoms with Crippen LogP contribution in [0.3, 0.4) is 0 Å². The summed E-state index contributed by atoms with van der Waals surface area (Å²) in [6, 6.07) is 0.666. The smallest absolute Gasteiger partial charge is 0.327 e. The molecule has 1 aliphatic heterocycles. The highest BCUT2D eigenvalue weighted by molar-refractivity contribution is 5.80. The minimum Gasteiger partial charge on any atom is -0.468 e. The average Bonchev–Trinajstić information content (AvgIpc) is 2.38. The molecule has 1 unspecified atom stereocenters. The quantitative estimate of drug-likeness (QED) is 0.715. The Morgan fingerprint density at radius 1 is 1.42 bits per heavy atom. The van der Waals surface area contributed by atoms with Gasteiger partial charge in [-0.3, -0.25) is 4.79 Å². The van der Waals surface area contributed by atoms with Gasteiger partial charge in [0.15, 0.2) is 0 Å². The maximum absolute atomic E-state index is 12.0. The Kier molecular flexibility index (Phi) is 6.23. The van der Waals surface area contributed by atoms with Gasteiger partial charge in [-0.05, 0) is 53.5 Å². The van der Waals surface area contributed by atoms with Gasteiger partial charge in [-0.15, -0.1) is 0 Å². The second kappa shape index (κ2) is 7.22. The van der Waals surface area contributed by atoms with Gasteiger partial charge >= 0.3 is 5.97 Å². The number of esters is 1. The van der Waals surface area contributed by atoms with E-state index in [9.17, 15) is 4.79 Å². The van der Waals surface area contributed by atoms with Crippen LogP contribution < -0.4 is 5.32 Å². The Morgan fingerprint density at radius 2 is 2.00 bits per heavy atom. The minimum atomic E-state index is -0.603. The molecule has 0 radical (unpaired) electrons. The SMILES string of the molecule is CCNC(C)(CN1CCC(N(C)C)CC1)C(=O)OC. The number of nitrogens with zero attached hydrogens (tertiary/aromatic N) is 2. The fraction of sp³-hybridized carbons (Fsp3) is 0.929. The molecule has 0 aromatic carbocycles. The van der Waals surface area contributed by atoms with E-state index in [1.807, 2.05) is 13.8 Å². The van der Waals surface area contributed by atoms with Crippen molar-refractivity contribution in [3.63, 3.8) is 0 Å². The van der Waals surface area contributed by atoms with Crippen LogP contribution in [0.1, 0.15) is 26.7 Å². The first kappa shape index (κ1) is 16.4. The van der Waals surface area contributed by atoms with Crippen molar-refractivity contribution in [3.05, 3.63) is 0 Å². The number of hydrogen-bond donors (Lipinski definition) is 1. The molecule has 1 saturated heterocycles. The minimum absolute atomic E-state index is 0.177. The lowest BCUT2D eigenvalue weighted by Crippen LogP contribution is -2.58. The molecule has 112 valence electrons. The molecule has 0 saturated carbocycles. The first-order chi connectivity index (χ1) is 8.92. The van der Waals surface area contributed by atoms with Crippen molar-refractivity contribution in [1.29, 1.82) is 0 Å². The van der Waals surface area contributed by atoms with Crippen LogP contribution in [0.5, 0.6) is 0 Å². The molecule has 0 aliphatic carbocycles. The third kappa shape index (κ3) is 4.44. The number of hydrogen-bond acceptors (Lipinski definition) is 5. The maximum Gasteiger partial charge on any atom is 0.327 e. The summed E-state index contributed by atoms with van der Waals surface area (Å²) in [7, 11) is 5.73. The summed E-state index contributed by atoms with van der Waals surface area (Å²) < 4.78 is 4.93. The van der Waals surface area contributed by atoms with Crippen LogP contribution in [-0.2, 0) is 9.53 Å². The van der Waals surface area contributed by atoms with Gasteiger partial charge in [0, 0.05) is 12.6 Å². The molecule has 19 heavy (non-hydrogen) atoms. The van der Waals surface area contributed by atoms with E-state index in [1.165, 1.54) is 7.11 Å². The molecule has 0 aromatic rings. The number of ether oxygens (including phenoxy) is 1. The summed E-state index contributed by atoms with van der Waals surface area (Å²) >= 11 is 0. The monoisotopic (exact) mass is 271 g/mol. The number of piperidine rings is 1. The van der Waals surface area contributed by atoms with Crippen LogP contribution in [0.25, 0.3) is 0 Å². The van der Waals surface area contributed by atoms with Crippen LogP contribution in [0.4, 0.5) is 0 Å². The molecule has 5 heteroatoms. The third-order valence-electron chi connectivity index (χ3n) is 4.03. The van der Waals surface area contributed by atoms with E-state index >= 15 is 0 Å². The highest BCUT2D eigenvalue weighted by atomic mass is 16.5. The number of likely N-dealkylation sites (N-methyl/N-ethyl adjacent to an activating group) is 1. The lowest BCUT2D eigenvalue weighted by molar-refractivity contribution is -0.149. The Hall–Kier alpha value is -0.650. The van der Waals surface area contributed by atoms with E-state index in [2.05, 4.69) is 29.2 Å². The molecule has 0 spiro atoms. The van der Waals surface area contributed by atoms with E-state index in [4.69, 9.17) is 4.74 Å². The third-order valence-corrected chi connectivity index (χ3v) is 4.03. The van der Waals surface area contributed by atoms with Crippen molar-refractivity contribution in [2.75, 3.05) is 47.4 Å². The van der Waals surface area contributed by atoms with E-state index in [0.717, 1.165) is 32.5 Å². The van der Waals surface area contributed by atoms with E-state index in [-0.39, 0.29) is 5.97 Å². The van der Waals surface area contributed by atoms with Gasteiger partial charge in [-0.2, -0.15) is 0 Å². The molecule has 0 bridgehead atoms. The molecule has 1 aliphatic rings. The van der Waals surface area contributed by atoms with Crippen LogP contribution in [0, 0.1) is 0 Å². The molecule has 0 amide bonds. The summed E-state index contributed by atoms with van der Waals surface area (Å²) in [5.41, 5.74) is -0.603. The predicted octanol–water partition coefficient (Wildman–Crippen LogP) is 0.554. The van der Waals surface area contributed by atoms with Gasteiger partial charge in [-0.25, -0.2) is 0 Å². The van der Waals surface area contributed by atoms with E-state index in [1.54, 1.807) is 0 Å². The molecular formula is C14H29N3O2. The molecule has 1 atom stereocenters. The highest BCUT2D eigenvalue weighted by Crippen LogP contribution is 2.17. The van der Waals surface area contributed by atoms with Gasteiger partial charge in [-0.1, -0.05) is 6.92 Å². The number of rotatable bonds is 6. The lowest BCUT2D eigenvalue weighted by atomic mass is 9.98. The predicted molar refractivity (Wildman–Crippen MR) is 77.2 cm³/mol. The van der Waals surface area contributed by atoms with Crippen LogP contribution in [0.2, 0.25) is 0 Å². The fourth-order valence-corrected chi connectivity index (χ4v) is 2.85. The van der Waals surface area contributed by atoms with E-state index < -0.39 is 5.54 Å². The van der Waals surface area contributed by atoms with Crippen LogP contribution in [0.15, 0.2) is 0 Å². The normalized spacial score (nSPS) is 21.4.